The summed E-state index contributed by atoms with van der Waals surface area (Å²) in [4.78, 5) is 10.6. The maximum absolute atomic E-state index is 13.1. The largest absolute Gasteiger partial charge is 0.444 e. The third kappa shape index (κ3) is 6.24. The maximum Gasteiger partial charge on any atom is 0.214 e. The summed E-state index contributed by atoms with van der Waals surface area (Å²) < 4.78 is 18.7. The highest BCUT2D eigenvalue weighted by molar-refractivity contribution is 14.0. The molecular formula is C18H27FIN5O. The molecule has 0 aliphatic rings. The number of aromatic nitrogens is 1. The van der Waals surface area contributed by atoms with Crippen LogP contribution in [0.2, 0.25) is 0 Å². The first-order chi connectivity index (χ1) is 11.9. The fraction of sp³-hybridized carbons (Fsp3) is 0.444. The van der Waals surface area contributed by atoms with Gasteiger partial charge < -0.3 is 20.0 Å². The number of aryl methyl sites for hydroxylation is 2. The highest BCUT2D eigenvalue weighted by Gasteiger charge is 2.15. The van der Waals surface area contributed by atoms with Crippen molar-refractivity contribution in [3.63, 3.8) is 0 Å². The predicted octanol–water partition coefficient (Wildman–Crippen LogP) is 3.02. The molecule has 26 heavy (non-hydrogen) atoms. The van der Waals surface area contributed by atoms with Crippen molar-refractivity contribution in [3.8, 4) is 0 Å². The van der Waals surface area contributed by atoms with Crippen molar-refractivity contribution in [3.05, 3.63) is 53.0 Å². The van der Waals surface area contributed by atoms with E-state index in [-0.39, 0.29) is 35.8 Å². The summed E-state index contributed by atoms with van der Waals surface area (Å²) in [5, 5.41) is 6.47. The van der Waals surface area contributed by atoms with Crippen molar-refractivity contribution in [2.75, 3.05) is 27.7 Å². The van der Waals surface area contributed by atoms with Crippen molar-refractivity contribution >= 4 is 29.9 Å². The summed E-state index contributed by atoms with van der Waals surface area (Å²) in [5.74, 6) is 1.87. The van der Waals surface area contributed by atoms with Crippen LogP contribution in [0.5, 0.6) is 0 Å². The van der Waals surface area contributed by atoms with Crippen LogP contribution in [0.1, 0.15) is 29.0 Å². The fourth-order valence-electron chi connectivity index (χ4n) is 2.47. The number of benzene rings is 1. The first-order valence-electron chi connectivity index (χ1n) is 8.20. The van der Waals surface area contributed by atoms with E-state index >= 15 is 0 Å². The van der Waals surface area contributed by atoms with Crippen molar-refractivity contribution < 1.29 is 8.81 Å². The Morgan fingerprint density at radius 2 is 1.88 bits per heavy atom. The number of aliphatic imine (C=N–C) groups is 1. The molecule has 2 rings (SSSR count). The molecule has 0 saturated carbocycles. The van der Waals surface area contributed by atoms with Gasteiger partial charge in [0.2, 0.25) is 5.89 Å². The van der Waals surface area contributed by atoms with Gasteiger partial charge in [-0.25, -0.2) is 9.37 Å². The molecule has 1 unspecified atom stereocenters. The number of nitrogens with zero attached hydrogens (tertiary/aromatic N) is 3. The zero-order chi connectivity index (χ0) is 18.4. The second-order valence-electron chi connectivity index (χ2n) is 6.09. The lowest BCUT2D eigenvalue weighted by molar-refractivity contribution is 0.298. The molecule has 0 aliphatic carbocycles. The third-order valence-electron chi connectivity index (χ3n) is 4.04. The highest BCUT2D eigenvalue weighted by Crippen LogP contribution is 2.17. The summed E-state index contributed by atoms with van der Waals surface area (Å²) in [7, 11) is 5.69. The molecule has 0 aliphatic heterocycles. The van der Waals surface area contributed by atoms with E-state index < -0.39 is 0 Å². The molecule has 0 radical (unpaired) electrons. The molecule has 2 aromatic rings. The topological polar surface area (TPSA) is 65.7 Å². The minimum atomic E-state index is -0.233. The van der Waals surface area contributed by atoms with Gasteiger partial charge in [-0.15, -0.1) is 24.0 Å². The molecule has 0 spiro atoms. The van der Waals surface area contributed by atoms with E-state index in [4.69, 9.17) is 4.42 Å². The van der Waals surface area contributed by atoms with E-state index in [1.54, 1.807) is 19.2 Å². The Bertz CT molecular complexity index is 695. The Balaban J connectivity index is 0.00000338. The smallest absolute Gasteiger partial charge is 0.214 e. The van der Waals surface area contributed by atoms with Crippen LogP contribution in [0.25, 0.3) is 0 Å². The van der Waals surface area contributed by atoms with Crippen LogP contribution in [0, 0.1) is 19.7 Å². The fourth-order valence-corrected chi connectivity index (χ4v) is 2.47. The normalized spacial score (nSPS) is 12.7. The molecule has 0 amide bonds. The second kappa shape index (κ2) is 10.5. The maximum atomic E-state index is 13.1. The molecule has 1 heterocycles. The minimum absolute atomic E-state index is 0. The zero-order valence-corrected chi connectivity index (χ0v) is 18.2. The summed E-state index contributed by atoms with van der Waals surface area (Å²) in [6, 6.07) is 6.65. The average Bonchev–Trinajstić information content (AvgIpc) is 2.90. The number of hydrogen-bond acceptors (Lipinski definition) is 4. The van der Waals surface area contributed by atoms with Gasteiger partial charge in [0.05, 0.1) is 18.3 Å². The van der Waals surface area contributed by atoms with Gasteiger partial charge in [-0.1, -0.05) is 12.1 Å². The Morgan fingerprint density at radius 1 is 1.23 bits per heavy atom. The molecule has 0 bridgehead atoms. The average molecular weight is 475 g/mol. The third-order valence-corrected chi connectivity index (χ3v) is 4.04. The van der Waals surface area contributed by atoms with Gasteiger partial charge in [-0.2, -0.15) is 0 Å². The molecule has 6 nitrogen and oxygen atoms in total. The van der Waals surface area contributed by atoms with Crippen LogP contribution in [-0.4, -0.2) is 43.5 Å². The Morgan fingerprint density at radius 3 is 2.38 bits per heavy atom. The molecule has 0 fully saturated rings. The zero-order valence-electron chi connectivity index (χ0n) is 15.8. The molecule has 1 atom stereocenters. The molecule has 8 heteroatoms. The SMILES string of the molecule is CN=C(NCc1nc(C)c(C)o1)NCC(c1ccc(F)cc1)N(C)C.I. The van der Waals surface area contributed by atoms with Gasteiger partial charge in [0.1, 0.15) is 11.6 Å². The van der Waals surface area contributed by atoms with Crippen molar-refractivity contribution in [1.29, 1.82) is 0 Å². The first-order valence-corrected chi connectivity index (χ1v) is 8.20. The highest BCUT2D eigenvalue weighted by atomic mass is 127. The van der Waals surface area contributed by atoms with Gasteiger partial charge in [-0.05, 0) is 45.6 Å². The van der Waals surface area contributed by atoms with E-state index in [1.807, 2.05) is 27.9 Å². The van der Waals surface area contributed by atoms with Gasteiger partial charge >= 0.3 is 0 Å². The Kier molecular flexibility index (Phi) is 9.00. The van der Waals surface area contributed by atoms with E-state index in [0.29, 0.717) is 24.9 Å². The molecule has 0 saturated heterocycles. The van der Waals surface area contributed by atoms with Gasteiger partial charge in [0, 0.05) is 13.6 Å². The lowest BCUT2D eigenvalue weighted by Gasteiger charge is -2.26. The predicted molar refractivity (Wildman–Crippen MR) is 112 cm³/mol. The Labute approximate surface area is 171 Å². The number of rotatable bonds is 6. The van der Waals surface area contributed by atoms with Crippen molar-refractivity contribution in [1.82, 2.24) is 20.5 Å². The summed E-state index contributed by atoms with van der Waals surface area (Å²) in [5.41, 5.74) is 1.93. The van der Waals surface area contributed by atoms with Crippen LogP contribution >= 0.6 is 24.0 Å². The number of hydrogen-bond donors (Lipinski definition) is 2. The lowest BCUT2D eigenvalue weighted by Crippen LogP contribution is -2.41. The number of likely N-dealkylation sites (N-methyl/N-ethyl adjacent to an activating group) is 1. The minimum Gasteiger partial charge on any atom is -0.444 e. The quantitative estimate of drug-likeness (QED) is 0.382. The van der Waals surface area contributed by atoms with E-state index in [1.165, 1.54) is 12.1 Å². The molecule has 1 aromatic carbocycles. The Hall–Kier alpha value is -1.68. The summed E-state index contributed by atoms with van der Waals surface area (Å²) in [6.07, 6.45) is 0. The number of oxazole rings is 1. The van der Waals surface area contributed by atoms with Crippen molar-refractivity contribution in [2.24, 2.45) is 4.99 Å². The first kappa shape index (κ1) is 22.4. The number of halogens is 2. The lowest BCUT2D eigenvalue weighted by atomic mass is 10.1. The van der Waals surface area contributed by atoms with Crippen LogP contribution in [0.3, 0.4) is 0 Å². The van der Waals surface area contributed by atoms with Crippen molar-refractivity contribution in [2.45, 2.75) is 26.4 Å². The second-order valence-corrected chi connectivity index (χ2v) is 6.09. The van der Waals surface area contributed by atoms with E-state index in [9.17, 15) is 4.39 Å². The number of nitrogens with one attached hydrogen (secondary N) is 2. The van der Waals surface area contributed by atoms with Crippen LogP contribution < -0.4 is 10.6 Å². The summed E-state index contributed by atoms with van der Waals surface area (Å²) >= 11 is 0. The monoisotopic (exact) mass is 475 g/mol. The van der Waals surface area contributed by atoms with Crippen LogP contribution in [0.15, 0.2) is 33.7 Å². The van der Waals surface area contributed by atoms with E-state index in [0.717, 1.165) is 17.0 Å². The van der Waals surface area contributed by atoms with Gasteiger partial charge in [-0.3, -0.25) is 4.99 Å². The standard InChI is InChI=1S/C18H26FN5O.HI/c1-12-13(2)25-17(23-12)11-22-18(20-3)21-10-16(24(4)5)14-6-8-15(19)9-7-14;/h6-9,16H,10-11H2,1-5H3,(H2,20,21,22);1H. The summed E-state index contributed by atoms with van der Waals surface area (Å²) in [6.45, 7) is 4.89. The van der Waals surface area contributed by atoms with E-state index in [2.05, 4.69) is 25.5 Å². The van der Waals surface area contributed by atoms with Gasteiger partial charge in [0.15, 0.2) is 5.96 Å². The molecule has 144 valence electrons. The molecular weight excluding hydrogens is 448 g/mol. The van der Waals surface area contributed by atoms with Gasteiger partial charge in [0.25, 0.3) is 0 Å². The molecule has 2 N–H and O–H groups in total. The molecule has 1 aromatic heterocycles. The van der Waals surface area contributed by atoms with Crippen LogP contribution in [0.4, 0.5) is 4.39 Å². The van der Waals surface area contributed by atoms with Crippen LogP contribution in [-0.2, 0) is 6.54 Å². The number of guanidine groups is 1.